The normalized spacial score (nSPS) is 10.2. The number of carbonyl (C=O) groups excluding carboxylic acids is 1. The summed E-state index contributed by atoms with van der Waals surface area (Å²) in [6.07, 6.45) is 0. The highest BCUT2D eigenvalue weighted by Crippen LogP contribution is 2.27. The van der Waals surface area contributed by atoms with Crippen LogP contribution in [-0.4, -0.2) is 18.8 Å². The van der Waals surface area contributed by atoms with Gasteiger partial charge < -0.3 is 10.1 Å². The Morgan fingerprint density at radius 1 is 1.19 bits per heavy atom. The van der Waals surface area contributed by atoms with Gasteiger partial charge in [-0.25, -0.2) is 0 Å². The Balaban J connectivity index is 1.89. The lowest BCUT2D eigenvalue weighted by Crippen LogP contribution is -2.14. The first-order valence-electron chi connectivity index (χ1n) is 6.10. The van der Waals surface area contributed by atoms with Crippen LogP contribution < -0.4 is 10.1 Å². The molecule has 6 heteroatoms. The van der Waals surface area contributed by atoms with E-state index < -0.39 is 0 Å². The lowest BCUT2D eigenvalue weighted by molar-refractivity contribution is -0.113. The average molecular weight is 431 g/mol. The summed E-state index contributed by atoms with van der Waals surface area (Å²) in [5.74, 6) is 1.12. The van der Waals surface area contributed by atoms with Crippen LogP contribution in [0.5, 0.6) is 5.75 Å². The molecule has 0 radical (unpaired) electrons. The fraction of sp³-hybridized carbons (Fsp3) is 0.133. The zero-order valence-corrected chi connectivity index (χ0v) is 15.2. The Morgan fingerprint density at radius 3 is 2.52 bits per heavy atom. The van der Waals surface area contributed by atoms with Crippen LogP contribution in [-0.2, 0) is 4.79 Å². The molecular formula is C15H13Br2NO2S. The van der Waals surface area contributed by atoms with Crippen molar-refractivity contribution in [1.82, 2.24) is 0 Å². The molecular weight excluding hydrogens is 418 g/mol. The van der Waals surface area contributed by atoms with E-state index in [1.165, 1.54) is 11.8 Å². The molecule has 0 unspecified atom stereocenters. The number of benzene rings is 2. The maximum absolute atomic E-state index is 12.0. The van der Waals surface area contributed by atoms with E-state index in [9.17, 15) is 4.79 Å². The summed E-state index contributed by atoms with van der Waals surface area (Å²) in [5.41, 5.74) is 0.763. The summed E-state index contributed by atoms with van der Waals surface area (Å²) >= 11 is 8.28. The number of nitrogens with one attached hydrogen (secondary N) is 1. The predicted molar refractivity (Wildman–Crippen MR) is 94.2 cm³/mol. The molecule has 21 heavy (non-hydrogen) atoms. The van der Waals surface area contributed by atoms with Gasteiger partial charge in [0.25, 0.3) is 0 Å². The maximum atomic E-state index is 12.0. The minimum atomic E-state index is -0.0427. The number of ether oxygens (including phenoxy) is 1. The van der Waals surface area contributed by atoms with Crippen LogP contribution in [0.15, 0.2) is 56.3 Å². The molecule has 0 aliphatic carbocycles. The highest BCUT2D eigenvalue weighted by Gasteiger charge is 2.07. The Bertz CT molecular complexity index is 632. The third-order valence-electron chi connectivity index (χ3n) is 2.63. The molecule has 2 aromatic carbocycles. The Hall–Kier alpha value is -0.980. The molecule has 0 saturated carbocycles. The SMILES string of the molecule is COc1ccc(SCC(=O)Nc2ccc(Br)cc2Br)cc1. The van der Waals surface area contributed by atoms with Crippen LogP contribution in [0.3, 0.4) is 0 Å². The molecule has 0 aliphatic heterocycles. The Morgan fingerprint density at radius 2 is 1.90 bits per heavy atom. The van der Waals surface area contributed by atoms with Gasteiger partial charge in [0.15, 0.2) is 0 Å². The van der Waals surface area contributed by atoms with Gasteiger partial charge in [-0.2, -0.15) is 0 Å². The third kappa shape index (κ3) is 5.05. The predicted octanol–water partition coefficient (Wildman–Crippen LogP) is 4.95. The molecule has 0 heterocycles. The molecule has 3 nitrogen and oxygen atoms in total. The summed E-state index contributed by atoms with van der Waals surface area (Å²) in [7, 11) is 1.63. The van der Waals surface area contributed by atoms with E-state index in [4.69, 9.17) is 4.74 Å². The van der Waals surface area contributed by atoms with E-state index in [1.54, 1.807) is 7.11 Å². The van der Waals surface area contributed by atoms with Crippen molar-refractivity contribution in [2.45, 2.75) is 4.90 Å². The monoisotopic (exact) mass is 429 g/mol. The van der Waals surface area contributed by atoms with Crippen LogP contribution in [0.4, 0.5) is 5.69 Å². The van der Waals surface area contributed by atoms with Crippen molar-refractivity contribution >= 4 is 55.2 Å². The quantitative estimate of drug-likeness (QED) is 0.682. The van der Waals surface area contributed by atoms with Crippen molar-refractivity contribution in [2.75, 3.05) is 18.2 Å². The molecule has 0 bridgehead atoms. The van der Waals surface area contributed by atoms with Crippen molar-refractivity contribution in [3.8, 4) is 5.75 Å². The summed E-state index contributed by atoms with van der Waals surface area (Å²) in [5, 5.41) is 2.88. The molecule has 0 aromatic heterocycles. The zero-order valence-electron chi connectivity index (χ0n) is 11.2. The largest absolute Gasteiger partial charge is 0.497 e. The molecule has 2 aromatic rings. The van der Waals surface area contributed by atoms with Crippen molar-refractivity contribution in [3.63, 3.8) is 0 Å². The zero-order chi connectivity index (χ0) is 15.2. The first-order valence-corrected chi connectivity index (χ1v) is 8.67. The number of hydrogen-bond acceptors (Lipinski definition) is 3. The third-order valence-corrected chi connectivity index (χ3v) is 4.80. The van der Waals surface area contributed by atoms with Crippen molar-refractivity contribution in [3.05, 3.63) is 51.4 Å². The average Bonchev–Trinajstić information content (AvgIpc) is 2.48. The second kappa shape index (κ2) is 7.87. The van der Waals surface area contributed by atoms with Gasteiger partial charge in [0.05, 0.1) is 18.6 Å². The molecule has 0 atom stereocenters. The maximum Gasteiger partial charge on any atom is 0.234 e. The molecule has 1 amide bonds. The summed E-state index contributed by atoms with van der Waals surface area (Å²) < 4.78 is 6.90. The molecule has 0 aliphatic rings. The van der Waals surface area contributed by atoms with Gasteiger partial charge in [0.2, 0.25) is 5.91 Å². The molecule has 0 saturated heterocycles. The van der Waals surface area contributed by atoms with Crippen LogP contribution >= 0.6 is 43.6 Å². The van der Waals surface area contributed by atoms with Gasteiger partial charge >= 0.3 is 0 Å². The second-order valence-electron chi connectivity index (χ2n) is 4.14. The fourth-order valence-corrected chi connectivity index (χ4v) is 3.44. The van der Waals surface area contributed by atoms with Crippen LogP contribution in [0.2, 0.25) is 0 Å². The van der Waals surface area contributed by atoms with E-state index in [1.807, 2.05) is 42.5 Å². The van der Waals surface area contributed by atoms with Crippen LogP contribution in [0.25, 0.3) is 0 Å². The van der Waals surface area contributed by atoms with E-state index in [2.05, 4.69) is 37.2 Å². The standard InChI is InChI=1S/C15H13Br2NO2S/c1-20-11-3-5-12(6-4-11)21-9-15(19)18-14-7-2-10(16)8-13(14)17/h2-8H,9H2,1H3,(H,18,19). The molecule has 0 spiro atoms. The first-order chi connectivity index (χ1) is 10.1. The van der Waals surface area contributed by atoms with Crippen molar-refractivity contribution in [2.24, 2.45) is 0 Å². The van der Waals surface area contributed by atoms with Gasteiger partial charge in [0.1, 0.15) is 5.75 Å². The van der Waals surface area contributed by atoms with Crippen molar-refractivity contribution < 1.29 is 9.53 Å². The van der Waals surface area contributed by atoms with Gasteiger partial charge in [-0.15, -0.1) is 11.8 Å². The minimum absolute atomic E-state index is 0.0427. The van der Waals surface area contributed by atoms with E-state index in [0.29, 0.717) is 5.75 Å². The lowest BCUT2D eigenvalue weighted by atomic mass is 10.3. The van der Waals surface area contributed by atoms with Crippen LogP contribution in [0.1, 0.15) is 0 Å². The number of amides is 1. The highest BCUT2D eigenvalue weighted by molar-refractivity contribution is 9.11. The number of carbonyl (C=O) groups is 1. The number of anilines is 1. The smallest absolute Gasteiger partial charge is 0.234 e. The molecule has 110 valence electrons. The van der Waals surface area contributed by atoms with Gasteiger partial charge in [-0.05, 0) is 58.4 Å². The summed E-state index contributed by atoms with van der Waals surface area (Å²) in [6, 6.07) is 13.3. The minimum Gasteiger partial charge on any atom is -0.497 e. The van der Waals surface area contributed by atoms with E-state index in [0.717, 1.165) is 25.3 Å². The molecule has 0 fully saturated rings. The Labute approximate surface area is 144 Å². The van der Waals surface area contributed by atoms with Crippen LogP contribution in [0, 0.1) is 0 Å². The summed E-state index contributed by atoms with van der Waals surface area (Å²) in [4.78, 5) is 13.0. The number of halogens is 2. The lowest BCUT2D eigenvalue weighted by Gasteiger charge is -2.08. The molecule has 2 rings (SSSR count). The molecule has 1 N–H and O–H groups in total. The number of thioether (sulfide) groups is 1. The number of methoxy groups -OCH3 is 1. The Kier molecular flexibility index (Phi) is 6.14. The first kappa shape index (κ1) is 16.4. The number of hydrogen-bond donors (Lipinski definition) is 1. The summed E-state index contributed by atoms with van der Waals surface area (Å²) in [6.45, 7) is 0. The van der Waals surface area contributed by atoms with Gasteiger partial charge in [0, 0.05) is 13.8 Å². The fourth-order valence-electron chi connectivity index (χ4n) is 1.60. The van der Waals surface area contributed by atoms with Gasteiger partial charge in [-0.3, -0.25) is 4.79 Å². The van der Waals surface area contributed by atoms with E-state index >= 15 is 0 Å². The number of rotatable bonds is 5. The highest BCUT2D eigenvalue weighted by atomic mass is 79.9. The van der Waals surface area contributed by atoms with Gasteiger partial charge in [-0.1, -0.05) is 15.9 Å². The van der Waals surface area contributed by atoms with E-state index in [-0.39, 0.29) is 5.91 Å². The van der Waals surface area contributed by atoms with Crippen molar-refractivity contribution in [1.29, 1.82) is 0 Å². The topological polar surface area (TPSA) is 38.3 Å². The second-order valence-corrected chi connectivity index (χ2v) is 6.96.